The van der Waals surface area contributed by atoms with Gasteiger partial charge in [0.2, 0.25) is 0 Å². The van der Waals surface area contributed by atoms with Crippen molar-refractivity contribution in [1.82, 2.24) is 4.90 Å². The first-order chi connectivity index (χ1) is 10.7. The quantitative estimate of drug-likeness (QED) is 0.805. The van der Waals surface area contributed by atoms with Crippen molar-refractivity contribution in [2.75, 3.05) is 20.1 Å². The van der Waals surface area contributed by atoms with Crippen molar-refractivity contribution in [3.05, 3.63) is 59.7 Å². The van der Waals surface area contributed by atoms with E-state index in [0.29, 0.717) is 0 Å². The number of fused-ring (bicyclic) bond motifs is 5. The van der Waals surface area contributed by atoms with Crippen LogP contribution < -0.4 is 10.5 Å². The molecule has 0 spiro atoms. The molecule has 3 heteroatoms. The molecule has 0 aliphatic carbocycles. The highest BCUT2D eigenvalue weighted by molar-refractivity contribution is 5.52. The molecule has 2 aromatic carbocycles. The van der Waals surface area contributed by atoms with Crippen molar-refractivity contribution >= 4 is 0 Å². The molecule has 0 bridgehead atoms. The molecule has 4 rings (SSSR count). The number of para-hydroxylation sites is 2. The van der Waals surface area contributed by atoms with Gasteiger partial charge in [-0.3, -0.25) is 0 Å². The van der Waals surface area contributed by atoms with E-state index in [-0.39, 0.29) is 11.5 Å². The summed E-state index contributed by atoms with van der Waals surface area (Å²) in [5, 5.41) is 0. The number of likely N-dealkylation sites (tertiary alicyclic amines) is 1. The molecule has 2 N–H and O–H groups in total. The Balaban J connectivity index is 0.000000693. The number of nitrogens with two attached hydrogens (primary N) is 1. The zero-order chi connectivity index (χ0) is 15.7. The van der Waals surface area contributed by atoms with Gasteiger partial charge in [-0.05, 0) is 19.2 Å². The number of nitrogens with zero attached hydrogens (tertiary/aromatic N) is 1. The number of hydrogen-bond acceptors (Lipinski definition) is 3. The van der Waals surface area contributed by atoms with Gasteiger partial charge in [0.15, 0.2) is 0 Å². The fraction of sp³-hybridized carbons (Fsp3) is 0.368. The average molecular weight is 296 g/mol. The Hall–Kier alpha value is -1.84. The molecule has 0 radical (unpaired) electrons. The molecule has 22 heavy (non-hydrogen) atoms. The van der Waals surface area contributed by atoms with Crippen LogP contribution in [0.5, 0.6) is 11.5 Å². The van der Waals surface area contributed by atoms with Crippen LogP contribution in [0.2, 0.25) is 0 Å². The molecule has 116 valence electrons. The fourth-order valence-electron chi connectivity index (χ4n) is 3.66. The molecule has 0 amide bonds. The van der Waals surface area contributed by atoms with E-state index in [1.807, 2.05) is 44.2 Å². The first kappa shape index (κ1) is 15.1. The van der Waals surface area contributed by atoms with Crippen molar-refractivity contribution in [1.29, 1.82) is 0 Å². The van der Waals surface area contributed by atoms with Gasteiger partial charge >= 0.3 is 0 Å². The SMILES string of the molecule is CC.CN1C[C@H]2c3ccccc3Oc3ccccc3C2(N)C1. The van der Waals surface area contributed by atoms with E-state index in [1.165, 1.54) is 5.56 Å². The molecular weight excluding hydrogens is 272 g/mol. The van der Waals surface area contributed by atoms with Crippen LogP contribution in [0.4, 0.5) is 0 Å². The zero-order valence-corrected chi connectivity index (χ0v) is 13.5. The van der Waals surface area contributed by atoms with E-state index in [4.69, 9.17) is 10.5 Å². The average Bonchev–Trinajstić information content (AvgIpc) is 2.81. The Morgan fingerprint density at radius 2 is 1.68 bits per heavy atom. The summed E-state index contributed by atoms with van der Waals surface area (Å²) >= 11 is 0. The summed E-state index contributed by atoms with van der Waals surface area (Å²) in [5.74, 6) is 2.10. The monoisotopic (exact) mass is 296 g/mol. The normalized spacial score (nSPS) is 25.7. The lowest BCUT2D eigenvalue weighted by Gasteiger charge is -2.30. The summed E-state index contributed by atoms with van der Waals surface area (Å²) in [4.78, 5) is 2.31. The van der Waals surface area contributed by atoms with Gasteiger partial charge in [-0.1, -0.05) is 50.2 Å². The molecule has 2 atom stereocenters. The highest BCUT2D eigenvalue weighted by Crippen LogP contribution is 2.50. The molecule has 2 heterocycles. The molecule has 0 saturated carbocycles. The van der Waals surface area contributed by atoms with Gasteiger partial charge in [-0.15, -0.1) is 0 Å². The maximum atomic E-state index is 6.86. The van der Waals surface area contributed by atoms with Crippen LogP contribution in [0, 0.1) is 0 Å². The lowest BCUT2D eigenvalue weighted by atomic mass is 9.78. The maximum Gasteiger partial charge on any atom is 0.132 e. The minimum Gasteiger partial charge on any atom is -0.457 e. The molecular formula is C19H24N2O. The Bertz CT molecular complexity index is 670. The van der Waals surface area contributed by atoms with Gasteiger partial charge in [-0.2, -0.15) is 0 Å². The second-order valence-corrected chi connectivity index (χ2v) is 5.93. The van der Waals surface area contributed by atoms with E-state index in [9.17, 15) is 0 Å². The molecule has 2 aliphatic rings. The standard InChI is InChI=1S/C17H18N2O.C2H6/c1-19-10-14-12-6-2-4-8-15(12)20-16-9-5-3-7-13(16)17(14,18)11-19;1-2/h2-9,14H,10-11,18H2,1H3;1-2H3/t14-,17?;/m0./s1. The lowest BCUT2D eigenvalue weighted by Crippen LogP contribution is -2.43. The van der Waals surface area contributed by atoms with Crippen molar-refractivity contribution in [2.24, 2.45) is 5.73 Å². The highest BCUT2D eigenvalue weighted by atomic mass is 16.5. The van der Waals surface area contributed by atoms with Crippen molar-refractivity contribution in [3.8, 4) is 11.5 Å². The minimum absolute atomic E-state index is 0.271. The third kappa shape index (κ3) is 2.21. The number of likely N-dealkylation sites (N-methyl/N-ethyl adjacent to an activating group) is 1. The zero-order valence-electron chi connectivity index (χ0n) is 13.5. The first-order valence-electron chi connectivity index (χ1n) is 8.02. The van der Waals surface area contributed by atoms with Crippen LogP contribution in [0.3, 0.4) is 0 Å². The maximum absolute atomic E-state index is 6.86. The molecule has 2 aromatic rings. The van der Waals surface area contributed by atoms with Crippen LogP contribution >= 0.6 is 0 Å². The second-order valence-electron chi connectivity index (χ2n) is 5.93. The van der Waals surface area contributed by atoms with Crippen LogP contribution in [0.25, 0.3) is 0 Å². The highest BCUT2D eigenvalue weighted by Gasteiger charge is 2.48. The van der Waals surface area contributed by atoms with Crippen LogP contribution in [-0.2, 0) is 5.54 Å². The number of ether oxygens (including phenoxy) is 1. The summed E-state index contributed by atoms with van der Waals surface area (Å²) in [5.41, 5.74) is 8.82. The summed E-state index contributed by atoms with van der Waals surface area (Å²) in [6.45, 7) is 5.82. The Kier molecular flexibility index (Phi) is 3.94. The van der Waals surface area contributed by atoms with E-state index < -0.39 is 0 Å². The molecule has 3 nitrogen and oxygen atoms in total. The van der Waals surface area contributed by atoms with Gasteiger partial charge in [0.1, 0.15) is 11.5 Å². The Labute approximate surface area is 132 Å². The van der Waals surface area contributed by atoms with E-state index >= 15 is 0 Å². The summed E-state index contributed by atoms with van der Waals surface area (Å²) < 4.78 is 6.14. The van der Waals surface area contributed by atoms with Crippen molar-refractivity contribution in [2.45, 2.75) is 25.3 Å². The predicted octanol–water partition coefficient (Wildman–Crippen LogP) is 3.70. The third-order valence-corrected chi connectivity index (χ3v) is 4.55. The fourth-order valence-corrected chi connectivity index (χ4v) is 3.66. The van der Waals surface area contributed by atoms with Crippen LogP contribution in [-0.4, -0.2) is 25.0 Å². The molecule has 1 saturated heterocycles. The number of rotatable bonds is 0. The van der Waals surface area contributed by atoms with Gasteiger partial charge in [-0.25, -0.2) is 0 Å². The van der Waals surface area contributed by atoms with E-state index in [1.54, 1.807) is 0 Å². The summed E-state index contributed by atoms with van der Waals surface area (Å²) in [7, 11) is 2.13. The summed E-state index contributed by atoms with van der Waals surface area (Å²) in [6, 6.07) is 16.4. The molecule has 1 fully saturated rings. The minimum atomic E-state index is -0.377. The van der Waals surface area contributed by atoms with Gasteiger partial charge in [0, 0.05) is 30.1 Å². The van der Waals surface area contributed by atoms with E-state index in [2.05, 4.69) is 30.1 Å². The largest absolute Gasteiger partial charge is 0.457 e. The van der Waals surface area contributed by atoms with Crippen molar-refractivity contribution in [3.63, 3.8) is 0 Å². The first-order valence-corrected chi connectivity index (χ1v) is 8.02. The third-order valence-electron chi connectivity index (χ3n) is 4.55. The van der Waals surface area contributed by atoms with Gasteiger partial charge in [0.05, 0.1) is 5.54 Å². The summed E-state index contributed by atoms with van der Waals surface area (Å²) in [6.07, 6.45) is 0. The van der Waals surface area contributed by atoms with Crippen LogP contribution in [0.15, 0.2) is 48.5 Å². The van der Waals surface area contributed by atoms with E-state index in [0.717, 1.165) is 30.2 Å². The predicted molar refractivity (Wildman–Crippen MR) is 90.4 cm³/mol. The number of benzene rings is 2. The Morgan fingerprint density at radius 3 is 2.45 bits per heavy atom. The molecule has 0 aromatic heterocycles. The number of hydrogen-bond donors (Lipinski definition) is 1. The van der Waals surface area contributed by atoms with Crippen LogP contribution in [0.1, 0.15) is 30.9 Å². The van der Waals surface area contributed by atoms with Gasteiger partial charge < -0.3 is 15.4 Å². The smallest absolute Gasteiger partial charge is 0.132 e. The molecule has 2 aliphatic heterocycles. The lowest BCUT2D eigenvalue weighted by molar-refractivity contribution is 0.366. The topological polar surface area (TPSA) is 38.5 Å². The van der Waals surface area contributed by atoms with Gasteiger partial charge in [0.25, 0.3) is 0 Å². The molecule has 1 unspecified atom stereocenters. The second kappa shape index (κ2) is 5.75. The Morgan fingerprint density at radius 1 is 1.05 bits per heavy atom. The van der Waals surface area contributed by atoms with Crippen molar-refractivity contribution < 1.29 is 4.74 Å².